The van der Waals surface area contributed by atoms with Crippen LogP contribution < -0.4 is 5.73 Å². The molecule has 0 spiro atoms. The van der Waals surface area contributed by atoms with Crippen molar-refractivity contribution in [3.63, 3.8) is 0 Å². The maximum Gasteiger partial charge on any atom is 0.227 e. The summed E-state index contributed by atoms with van der Waals surface area (Å²) in [6.07, 6.45) is 7.36. The molecule has 1 aliphatic rings. The van der Waals surface area contributed by atoms with Gasteiger partial charge in [-0.05, 0) is 12.8 Å². The number of halogens is 1. The lowest BCUT2D eigenvalue weighted by Gasteiger charge is -2.29. The van der Waals surface area contributed by atoms with Gasteiger partial charge in [0.1, 0.15) is 9.84 Å². The highest BCUT2D eigenvalue weighted by Gasteiger charge is 2.28. The Kier molecular flexibility index (Phi) is 8.70. The van der Waals surface area contributed by atoms with Gasteiger partial charge in [0.15, 0.2) is 0 Å². The Bertz CT molecular complexity index is 400. The zero-order valence-electron chi connectivity index (χ0n) is 12.4. The Morgan fingerprint density at radius 2 is 1.75 bits per heavy atom. The van der Waals surface area contributed by atoms with Crippen molar-refractivity contribution in [2.24, 2.45) is 11.7 Å². The molecule has 0 aromatic heterocycles. The third-order valence-corrected chi connectivity index (χ3v) is 4.73. The largest absolute Gasteiger partial charge is 0.344 e. The summed E-state index contributed by atoms with van der Waals surface area (Å²) < 4.78 is 22.3. The van der Waals surface area contributed by atoms with E-state index in [4.69, 9.17) is 5.73 Å². The summed E-state index contributed by atoms with van der Waals surface area (Å²) in [7, 11) is -1.37. The standard InChI is InChI=1S/C13H26N2O3S.ClH/c1-15(9-10-19(2,17)18)13(16)11-7-5-3-4-6-8-12(11)14;/h11-12H,3-10,14H2,1-2H3;1H. The minimum Gasteiger partial charge on any atom is -0.344 e. The van der Waals surface area contributed by atoms with Gasteiger partial charge in [-0.1, -0.05) is 25.7 Å². The van der Waals surface area contributed by atoms with Crippen LogP contribution in [0.15, 0.2) is 0 Å². The van der Waals surface area contributed by atoms with Crippen LogP contribution in [0.1, 0.15) is 38.5 Å². The number of nitrogens with two attached hydrogens (primary N) is 1. The van der Waals surface area contributed by atoms with Crippen molar-refractivity contribution in [3.05, 3.63) is 0 Å². The fraction of sp³-hybridized carbons (Fsp3) is 0.923. The lowest BCUT2D eigenvalue weighted by Crippen LogP contribution is -2.44. The molecule has 2 N–H and O–H groups in total. The van der Waals surface area contributed by atoms with Crippen molar-refractivity contribution in [2.75, 3.05) is 25.6 Å². The van der Waals surface area contributed by atoms with E-state index in [0.29, 0.717) is 0 Å². The molecule has 1 rings (SSSR count). The van der Waals surface area contributed by atoms with E-state index in [2.05, 4.69) is 0 Å². The number of hydrogen-bond donors (Lipinski definition) is 1. The summed E-state index contributed by atoms with van der Waals surface area (Å²) in [6.45, 7) is 0.251. The normalized spacial score (nSPS) is 24.1. The van der Waals surface area contributed by atoms with Gasteiger partial charge in [-0.2, -0.15) is 0 Å². The molecule has 2 unspecified atom stereocenters. The fourth-order valence-corrected chi connectivity index (χ4v) is 3.12. The summed E-state index contributed by atoms with van der Waals surface area (Å²) in [6, 6.07) is -0.0894. The molecule has 0 aromatic carbocycles. The molecular weight excluding hydrogens is 300 g/mol. The molecule has 0 aliphatic heterocycles. The Hall–Kier alpha value is -0.330. The number of carbonyl (C=O) groups is 1. The number of hydrogen-bond acceptors (Lipinski definition) is 4. The van der Waals surface area contributed by atoms with Crippen LogP contribution in [0.5, 0.6) is 0 Å². The Labute approximate surface area is 128 Å². The van der Waals surface area contributed by atoms with E-state index in [0.717, 1.165) is 32.1 Å². The lowest BCUT2D eigenvalue weighted by molar-refractivity contribution is -0.135. The average Bonchev–Trinajstić information content (AvgIpc) is 2.29. The molecular formula is C13H27ClN2O3S. The molecule has 0 saturated heterocycles. The maximum atomic E-state index is 12.3. The third kappa shape index (κ3) is 6.90. The number of rotatable bonds is 4. The molecule has 0 aromatic rings. The predicted molar refractivity (Wildman–Crippen MR) is 83.8 cm³/mol. The van der Waals surface area contributed by atoms with Gasteiger partial charge in [-0.25, -0.2) is 8.42 Å². The lowest BCUT2D eigenvalue weighted by atomic mass is 9.86. The summed E-state index contributed by atoms with van der Waals surface area (Å²) >= 11 is 0. The molecule has 0 radical (unpaired) electrons. The van der Waals surface area contributed by atoms with E-state index in [1.54, 1.807) is 7.05 Å². The van der Waals surface area contributed by atoms with Crippen LogP contribution in [-0.4, -0.2) is 50.9 Å². The van der Waals surface area contributed by atoms with Gasteiger partial charge in [0.05, 0.1) is 11.7 Å². The van der Waals surface area contributed by atoms with Crippen LogP contribution in [-0.2, 0) is 14.6 Å². The molecule has 1 amide bonds. The first-order chi connectivity index (χ1) is 8.81. The van der Waals surface area contributed by atoms with Gasteiger partial charge in [0.25, 0.3) is 0 Å². The average molecular weight is 327 g/mol. The smallest absolute Gasteiger partial charge is 0.227 e. The van der Waals surface area contributed by atoms with Gasteiger partial charge >= 0.3 is 0 Å². The first-order valence-corrected chi connectivity index (χ1v) is 9.05. The van der Waals surface area contributed by atoms with Gasteiger partial charge in [0.2, 0.25) is 5.91 Å². The first-order valence-electron chi connectivity index (χ1n) is 6.99. The molecule has 2 atom stereocenters. The quantitative estimate of drug-likeness (QED) is 0.842. The van der Waals surface area contributed by atoms with Crippen LogP contribution in [0, 0.1) is 5.92 Å². The second-order valence-electron chi connectivity index (χ2n) is 5.65. The van der Waals surface area contributed by atoms with Gasteiger partial charge in [0, 0.05) is 25.9 Å². The van der Waals surface area contributed by atoms with E-state index in [1.807, 2.05) is 0 Å². The molecule has 1 aliphatic carbocycles. The van der Waals surface area contributed by atoms with Crippen LogP contribution in [0.2, 0.25) is 0 Å². The molecule has 1 fully saturated rings. The minimum absolute atomic E-state index is 0. The zero-order chi connectivity index (χ0) is 14.5. The molecule has 20 heavy (non-hydrogen) atoms. The number of carbonyl (C=O) groups excluding carboxylic acids is 1. The van der Waals surface area contributed by atoms with E-state index < -0.39 is 9.84 Å². The summed E-state index contributed by atoms with van der Waals surface area (Å²) in [5.41, 5.74) is 6.10. The zero-order valence-corrected chi connectivity index (χ0v) is 14.0. The van der Waals surface area contributed by atoms with Gasteiger partial charge < -0.3 is 10.6 Å². The predicted octanol–water partition coefficient (Wildman–Crippen LogP) is 1.21. The molecule has 0 bridgehead atoms. The molecule has 5 nitrogen and oxygen atoms in total. The fourth-order valence-electron chi connectivity index (χ4n) is 2.52. The Balaban J connectivity index is 0.00000361. The SMILES string of the molecule is CN(CCS(C)(=O)=O)C(=O)C1CCCCCCC1N.Cl. The number of amides is 1. The molecule has 7 heteroatoms. The highest BCUT2D eigenvalue weighted by atomic mass is 35.5. The molecule has 120 valence electrons. The monoisotopic (exact) mass is 326 g/mol. The maximum absolute atomic E-state index is 12.3. The molecule has 1 saturated carbocycles. The van der Waals surface area contributed by atoms with Crippen LogP contribution in [0.3, 0.4) is 0 Å². The number of nitrogens with zero attached hydrogens (tertiary/aromatic N) is 1. The summed E-state index contributed by atoms with van der Waals surface area (Å²) in [5.74, 6) is -0.139. The second-order valence-corrected chi connectivity index (χ2v) is 7.91. The Morgan fingerprint density at radius 1 is 1.20 bits per heavy atom. The van der Waals surface area contributed by atoms with E-state index >= 15 is 0 Å². The highest BCUT2D eigenvalue weighted by Crippen LogP contribution is 2.23. The first kappa shape index (κ1) is 19.7. The topological polar surface area (TPSA) is 80.5 Å². The summed E-state index contributed by atoms with van der Waals surface area (Å²) in [4.78, 5) is 13.9. The third-order valence-electron chi connectivity index (χ3n) is 3.81. The van der Waals surface area contributed by atoms with Crippen molar-refractivity contribution in [1.29, 1.82) is 0 Å². The highest BCUT2D eigenvalue weighted by molar-refractivity contribution is 7.90. The van der Waals surface area contributed by atoms with E-state index in [9.17, 15) is 13.2 Å². The van der Waals surface area contributed by atoms with Crippen molar-refractivity contribution in [2.45, 2.75) is 44.6 Å². The van der Waals surface area contributed by atoms with E-state index in [1.165, 1.54) is 17.6 Å². The van der Waals surface area contributed by atoms with Gasteiger partial charge in [-0.3, -0.25) is 4.79 Å². The second kappa shape index (κ2) is 8.85. The van der Waals surface area contributed by atoms with Gasteiger partial charge in [-0.15, -0.1) is 12.4 Å². The number of sulfone groups is 1. The minimum atomic E-state index is -3.04. The van der Waals surface area contributed by atoms with E-state index in [-0.39, 0.29) is 42.6 Å². The summed E-state index contributed by atoms with van der Waals surface area (Å²) in [5, 5.41) is 0. The molecule has 0 heterocycles. The van der Waals surface area contributed by atoms with Crippen molar-refractivity contribution < 1.29 is 13.2 Å². The van der Waals surface area contributed by atoms with Crippen LogP contribution >= 0.6 is 12.4 Å². The van der Waals surface area contributed by atoms with Crippen molar-refractivity contribution in [1.82, 2.24) is 4.90 Å². The van der Waals surface area contributed by atoms with Crippen molar-refractivity contribution >= 4 is 28.2 Å². The van der Waals surface area contributed by atoms with Crippen LogP contribution in [0.4, 0.5) is 0 Å². The van der Waals surface area contributed by atoms with Crippen molar-refractivity contribution in [3.8, 4) is 0 Å². The Morgan fingerprint density at radius 3 is 2.30 bits per heavy atom. The van der Waals surface area contributed by atoms with Crippen LogP contribution in [0.25, 0.3) is 0 Å².